The fourth-order valence-corrected chi connectivity index (χ4v) is 6.70. The number of amides is 1. The third-order valence-electron chi connectivity index (χ3n) is 9.13. The Kier molecular flexibility index (Phi) is 8.38. The first-order valence-electron chi connectivity index (χ1n) is 15.2. The molecule has 0 unspecified atom stereocenters. The highest BCUT2D eigenvalue weighted by Crippen LogP contribution is 2.38. The van der Waals surface area contributed by atoms with Crippen LogP contribution < -0.4 is 5.32 Å². The van der Waals surface area contributed by atoms with Crippen LogP contribution in [-0.4, -0.2) is 73.3 Å². The van der Waals surface area contributed by atoms with Crippen molar-refractivity contribution in [1.29, 1.82) is 0 Å². The molecule has 1 N–H and O–H groups in total. The summed E-state index contributed by atoms with van der Waals surface area (Å²) >= 11 is 0. The summed E-state index contributed by atoms with van der Waals surface area (Å²) in [5, 5.41) is 4.82. The number of rotatable bonds is 10. The van der Waals surface area contributed by atoms with E-state index in [9.17, 15) is 4.79 Å². The summed E-state index contributed by atoms with van der Waals surface area (Å²) in [5.74, 6) is 0.531. The fourth-order valence-electron chi connectivity index (χ4n) is 6.70. The molecule has 1 aromatic heterocycles. The highest BCUT2D eigenvalue weighted by molar-refractivity contribution is 5.86. The molecule has 0 bridgehead atoms. The summed E-state index contributed by atoms with van der Waals surface area (Å²) in [6.45, 7) is 6.18. The number of fused-ring (bicyclic) bond motifs is 1. The Morgan fingerprint density at radius 3 is 2.80 bits per heavy atom. The van der Waals surface area contributed by atoms with Gasteiger partial charge in [-0.2, -0.15) is 0 Å². The second-order valence-corrected chi connectivity index (χ2v) is 12.0. The van der Waals surface area contributed by atoms with Crippen molar-refractivity contribution < 1.29 is 9.53 Å². The standard InChI is InChI=1S/C34H44N4O2/c1-36-18-14-25(15-19-36)26-7-5-8-27(21-26)30-13-16-35-22-32(30)34(39)38(29-11-12-29)24-28-23-37(17-6-20-40-2)33-10-4-3-9-31(28)33/h3-5,7-10,14,21,23,29-30,32,35H,6,11-13,15-20,22,24H2,1-2H3/t30-,32+/m1/s1. The Balaban J connectivity index is 1.25. The van der Waals surface area contributed by atoms with Gasteiger partial charge >= 0.3 is 0 Å². The van der Waals surface area contributed by atoms with E-state index in [1.165, 1.54) is 33.2 Å². The zero-order valence-electron chi connectivity index (χ0n) is 24.1. The smallest absolute Gasteiger partial charge is 0.228 e. The molecule has 1 saturated heterocycles. The maximum atomic E-state index is 14.4. The third-order valence-corrected chi connectivity index (χ3v) is 9.13. The molecule has 6 heteroatoms. The number of para-hydroxylation sites is 1. The second kappa shape index (κ2) is 12.3. The van der Waals surface area contributed by atoms with E-state index in [-0.39, 0.29) is 11.8 Å². The van der Waals surface area contributed by atoms with Gasteiger partial charge in [0.25, 0.3) is 0 Å². The van der Waals surface area contributed by atoms with Crippen molar-refractivity contribution in [3.8, 4) is 0 Å². The normalized spacial score (nSPS) is 21.9. The van der Waals surface area contributed by atoms with Gasteiger partial charge in [-0.25, -0.2) is 0 Å². The van der Waals surface area contributed by atoms with Crippen molar-refractivity contribution in [2.75, 3.05) is 46.9 Å². The zero-order chi connectivity index (χ0) is 27.5. The first kappa shape index (κ1) is 27.3. The van der Waals surface area contributed by atoms with Crippen molar-refractivity contribution in [1.82, 2.24) is 19.7 Å². The molecule has 2 aromatic carbocycles. The van der Waals surface area contributed by atoms with Gasteiger partial charge in [0.1, 0.15) is 0 Å². The lowest BCUT2D eigenvalue weighted by Crippen LogP contribution is -2.47. The fraction of sp³-hybridized carbons (Fsp3) is 0.500. The molecular weight excluding hydrogens is 496 g/mol. The first-order valence-corrected chi connectivity index (χ1v) is 15.2. The SMILES string of the molecule is COCCCn1cc(CN(C(=O)[C@H]2CNCC[C@@H]2c2cccc(C3=CCN(C)CC3)c2)C2CC2)c2ccccc21. The molecule has 2 fully saturated rings. The third kappa shape index (κ3) is 5.90. The lowest BCUT2D eigenvalue weighted by Gasteiger charge is -2.36. The van der Waals surface area contributed by atoms with Gasteiger partial charge in [0.2, 0.25) is 5.91 Å². The monoisotopic (exact) mass is 540 g/mol. The Morgan fingerprint density at radius 2 is 2.00 bits per heavy atom. The highest BCUT2D eigenvalue weighted by Gasteiger charge is 2.40. The molecule has 6 rings (SSSR count). The van der Waals surface area contributed by atoms with Gasteiger partial charge in [0, 0.05) is 69.6 Å². The van der Waals surface area contributed by atoms with Gasteiger partial charge in [-0.1, -0.05) is 48.5 Å². The molecule has 0 spiro atoms. The quantitative estimate of drug-likeness (QED) is 0.356. The summed E-state index contributed by atoms with van der Waals surface area (Å²) in [6, 6.07) is 18.1. The van der Waals surface area contributed by atoms with E-state index in [1.807, 2.05) is 0 Å². The molecule has 3 heterocycles. The molecule has 1 amide bonds. The zero-order valence-corrected chi connectivity index (χ0v) is 24.1. The van der Waals surface area contributed by atoms with Crippen molar-refractivity contribution in [3.63, 3.8) is 0 Å². The minimum atomic E-state index is -0.0360. The van der Waals surface area contributed by atoms with E-state index in [2.05, 4.69) is 87.5 Å². The van der Waals surface area contributed by atoms with Crippen molar-refractivity contribution >= 4 is 22.4 Å². The summed E-state index contributed by atoms with van der Waals surface area (Å²) in [6.07, 6.45) is 9.93. The van der Waals surface area contributed by atoms with E-state index in [1.54, 1.807) is 7.11 Å². The summed E-state index contributed by atoms with van der Waals surface area (Å²) < 4.78 is 7.64. The van der Waals surface area contributed by atoms with Gasteiger partial charge in [0.15, 0.2) is 0 Å². The van der Waals surface area contributed by atoms with Crippen LogP contribution in [0.15, 0.2) is 60.8 Å². The van der Waals surface area contributed by atoms with Crippen molar-refractivity contribution in [3.05, 3.63) is 77.5 Å². The Bertz CT molecular complexity index is 1360. The van der Waals surface area contributed by atoms with Crippen molar-refractivity contribution in [2.45, 2.75) is 57.2 Å². The van der Waals surface area contributed by atoms with Crippen LogP contribution in [0, 0.1) is 5.92 Å². The summed E-state index contributed by atoms with van der Waals surface area (Å²) in [7, 11) is 3.94. The molecule has 2 aliphatic heterocycles. The van der Waals surface area contributed by atoms with Crippen LogP contribution in [-0.2, 0) is 22.6 Å². The number of nitrogens with zero attached hydrogens (tertiary/aromatic N) is 3. The average Bonchev–Trinajstić information content (AvgIpc) is 3.78. The number of hydrogen-bond acceptors (Lipinski definition) is 4. The topological polar surface area (TPSA) is 49.7 Å². The minimum absolute atomic E-state index is 0.0360. The number of aryl methyl sites for hydroxylation is 1. The van der Waals surface area contributed by atoms with Crippen LogP contribution in [0.2, 0.25) is 0 Å². The molecule has 3 aromatic rings. The molecular formula is C34H44N4O2. The summed E-state index contributed by atoms with van der Waals surface area (Å²) in [5.41, 5.74) is 6.59. The number of hydrogen-bond donors (Lipinski definition) is 1. The van der Waals surface area contributed by atoms with Crippen LogP contribution in [0.1, 0.15) is 54.7 Å². The van der Waals surface area contributed by atoms with Crippen LogP contribution >= 0.6 is 0 Å². The number of likely N-dealkylation sites (N-methyl/N-ethyl adjacent to an activating group) is 1. The number of nitrogens with one attached hydrogen (secondary N) is 1. The summed E-state index contributed by atoms with van der Waals surface area (Å²) in [4.78, 5) is 19.0. The van der Waals surface area contributed by atoms with E-state index < -0.39 is 0 Å². The molecule has 2 atom stereocenters. The number of methoxy groups -OCH3 is 1. The average molecular weight is 541 g/mol. The Hall–Kier alpha value is -2.93. The number of ether oxygens (including phenoxy) is 1. The van der Waals surface area contributed by atoms with Crippen molar-refractivity contribution in [2.24, 2.45) is 5.92 Å². The van der Waals surface area contributed by atoms with E-state index in [0.717, 1.165) is 71.4 Å². The molecule has 1 aliphatic carbocycles. The number of carbonyl (C=O) groups is 1. The number of carbonyl (C=O) groups excluding carboxylic acids is 1. The van der Waals surface area contributed by atoms with Gasteiger partial charge in [-0.05, 0) is 79.9 Å². The molecule has 0 radical (unpaired) electrons. The molecule has 3 aliphatic rings. The van der Waals surface area contributed by atoms with Crippen LogP contribution in [0.25, 0.3) is 16.5 Å². The Morgan fingerprint density at radius 1 is 1.12 bits per heavy atom. The van der Waals surface area contributed by atoms with Crippen LogP contribution in [0.4, 0.5) is 0 Å². The molecule has 1 saturated carbocycles. The molecule has 6 nitrogen and oxygen atoms in total. The van der Waals surface area contributed by atoms with Gasteiger partial charge in [0.05, 0.1) is 5.92 Å². The van der Waals surface area contributed by atoms with E-state index >= 15 is 0 Å². The first-order chi connectivity index (χ1) is 19.6. The number of piperidine rings is 1. The predicted molar refractivity (Wildman–Crippen MR) is 162 cm³/mol. The highest BCUT2D eigenvalue weighted by atomic mass is 16.5. The maximum Gasteiger partial charge on any atom is 0.228 e. The Labute approximate surface area is 239 Å². The van der Waals surface area contributed by atoms with E-state index in [0.29, 0.717) is 18.5 Å². The molecule has 212 valence electrons. The van der Waals surface area contributed by atoms with E-state index in [4.69, 9.17) is 4.74 Å². The molecule has 40 heavy (non-hydrogen) atoms. The largest absolute Gasteiger partial charge is 0.385 e. The van der Waals surface area contributed by atoms with Gasteiger partial charge in [-0.3, -0.25) is 4.79 Å². The van der Waals surface area contributed by atoms with Gasteiger partial charge < -0.3 is 24.4 Å². The lowest BCUT2D eigenvalue weighted by molar-refractivity contribution is -0.138. The van der Waals surface area contributed by atoms with Crippen LogP contribution in [0.5, 0.6) is 0 Å². The predicted octanol–water partition coefficient (Wildman–Crippen LogP) is 5.28. The van der Waals surface area contributed by atoms with Crippen LogP contribution in [0.3, 0.4) is 0 Å². The number of benzene rings is 2. The van der Waals surface area contributed by atoms with Gasteiger partial charge in [-0.15, -0.1) is 0 Å². The second-order valence-electron chi connectivity index (χ2n) is 12.0. The number of aromatic nitrogens is 1. The maximum absolute atomic E-state index is 14.4. The lowest BCUT2D eigenvalue weighted by atomic mass is 9.79. The minimum Gasteiger partial charge on any atom is -0.385 e.